The Balaban J connectivity index is 1.60. The molecule has 2 saturated heterocycles. The largest absolute Gasteiger partial charge is 0.496 e. The Kier molecular flexibility index (Phi) is 4.24. The molecule has 2 aliphatic rings. The van der Waals surface area contributed by atoms with E-state index in [0.29, 0.717) is 6.04 Å². The lowest BCUT2D eigenvalue weighted by molar-refractivity contribution is 0.0778. The van der Waals surface area contributed by atoms with Gasteiger partial charge in [-0.15, -0.1) is 11.3 Å². The molecule has 0 bridgehead atoms. The van der Waals surface area contributed by atoms with Crippen LogP contribution in [-0.4, -0.2) is 68.1 Å². The van der Waals surface area contributed by atoms with Crippen LogP contribution in [0.2, 0.25) is 0 Å². The zero-order valence-corrected chi connectivity index (χ0v) is 12.6. The Bertz CT molecular complexity index is 471. The van der Waals surface area contributed by atoms with E-state index in [-0.39, 0.29) is 5.91 Å². The molecule has 110 valence electrons. The van der Waals surface area contributed by atoms with Crippen molar-refractivity contribution < 1.29 is 9.53 Å². The smallest absolute Gasteiger partial charge is 0.264 e. The van der Waals surface area contributed by atoms with Crippen molar-refractivity contribution in [2.45, 2.75) is 12.5 Å². The zero-order chi connectivity index (χ0) is 13.9. The van der Waals surface area contributed by atoms with E-state index in [1.807, 2.05) is 16.3 Å². The van der Waals surface area contributed by atoms with Gasteiger partial charge in [-0.2, -0.15) is 0 Å². The highest BCUT2D eigenvalue weighted by Gasteiger charge is 2.31. The number of hydrogen-bond donors (Lipinski definition) is 1. The average molecular weight is 295 g/mol. The number of piperazine rings is 1. The quantitative estimate of drug-likeness (QED) is 0.899. The minimum absolute atomic E-state index is 0.149. The Hall–Kier alpha value is -1.11. The van der Waals surface area contributed by atoms with Crippen LogP contribution in [0, 0.1) is 0 Å². The summed E-state index contributed by atoms with van der Waals surface area (Å²) >= 11 is 1.47. The minimum Gasteiger partial charge on any atom is -0.496 e. The standard InChI is InChI=1S/C14H21N3O2S/c1-19-12-8-13(20-10-12)14(18)17-5-2-11(9-17)16-6-3-15-4-7-16/h8,10-11,15H,2-7,9H2,1H3. The third-order valence-electron chi connectivity index (χ3n) is 4.14. The molecule has 0 radical (unpaired) electrons. The van der Waals surface area contributed by atoms with Gasteiger partial charge in [-0.25, -0.2) is 0 Å². The second kappa shape index (κ2) is 6.11. The minimum atomic E-state index is 0.149. The van der Waals surface area contributed by atoms with Gasteiger partial charge in [-0.1, -0.05) is 0 Å². The van der Waals surface area contributed by atoms with Crippen molar-refractivity contribution in [1.82, 2.24) is 15.1 Å². The lowest BCUT2D eigenvalue weighted by Gasteiger charge is -2.32. The third kappa shape index (κ3) is 2.82. The van der Waals surface area contributed by atoms with Crippen molar-refractivity contribution in [3.63, 3.8) is 0 Å². The Morgan fingerprint density at radius 2 is 2.20 bits per heavy atom. The van der Waals surface area contributed by atoms with Crippen LogP contribution in [0.1, 0.15) is 16.1 Å². The maximum atomic E-state index is 12.5. The van der Waals surface area contributed by atoms with E-state index >= 15 is 0 Å². The predicted octanol–water partition coefficient (Wildman–Crippen LogP) is 0.876. The molecule has 3 rings (SSSR count). The number of nitrogens with one attached hydrogen (secondary N) is 1. The molecule has 0 spiro atoms. The second-order valence-corrected chi connectivity index (χ2v) is 6.24. The molecule has 1 atom stereocenters. The third-order valence-corrected chi connectivity index (χ3v) is 5.04. The lowest BCUT2D eigenvalue weighted by Crippen LogP contribution is -2.49. The Morgan fingerprint density at radius 3 is 2.90 bits per heavy atom. The van der Waals surface area contributed by atoms with Gasteiger partial charge in [0.25, 0.3) is 5.91 Å². The van der Waals surface area contributed by atoms with Crippen LogP contribution in [0.25, 0.3) is 0 Å². The molecule has 0 aromatic carbocycles. The normalized spacial score (nSPS) is 24.1. The van der Waals surface area contributed by atoms with E-state index in [0.717, 1.165) is 56.3 Å². The summed E-state index contributed by atoms with van der Waals surface area (Å²) in [4.78, 5) is 17.7. The van der Waals surface area contributed by atoms with Crippen molar-refractivity contribution in [1.29, 1.82) is 0 Å². The van der Waals surface area contributed by atoms with Crippen molar-refractivity contribution >= 4 is 17.2 Å². The molecule has 1 aromatic heterocycles. The van der Waals surface area contributed by atoms with Gasteiger partial charge in [0.05, 0.1) is 12.0 Å². The summed E-state index contributed by atoms with van der Waals surface area (Å²) in [5.41, 5.74) is 0. The molecule has 0 aliphatic carbocycles. The van der Waals surface area contributed by atoms with Crippen molar-refractivity contribution in [3.05, 3.63) is 16.3 Å². The number of carbonyl (C=O) groups excluding carboxylic acids is 1. The fraction of sp³-hybridized carbons (Fsp3) is 0.643. The summed E-state index contributed by atoms with van der Waals surface area (Å²) in [5.74, 6) is 0.923. The SMILES string of the molecule is COc1csc(C(=O)N2CCC(N3CCNCC3)C2)c1. The molecule has 20 heavy (non-hydrogen) atoms. The molecule has 2 fully saturated rings. The number of ether oxygens (including phenoxy) is 1. The zero-order valence-electron chi connectivity index (χ0n) is 11.8. The summed E-state index contributed by atoms with van der Waals surface area (Å²) < 4.78 is 5.15. The van der Waals surface area contributed by atoms with Gasteiger partial charge in [-0.05, 0) is 6.42 Å². The first kappa shape index (κ1) is 13.9. The number of carbonyl (C=O) groups is 1. The van der Waals surface area contributed by atoms with Crippen molar-refractivity contribution in [2.75, 3.05) is 46.4 Å². The van der Waals surface area contributed by atoms with Crippen LogP contribution in [0.5, 0.6) is 5.75 Å². The molecular formula is C14H21N3O2S. The number of hydrogen-bond acceptors (Lipinski definition) is 5. The van der Waals surface area contributed by atoms with E-state index in [2.05, 4.69) is 10.2 Å². The first-order valence-electron chi connectivity index (χ1n) is 7.14. The van der Waals surface area contributed by atoms with Gasteiger partial charge in [0.15, 0.2) is 0 Å². The molecule has 1 aromatic rings. The fourth-order valence-electron chi connectivity index (χ4n) is 2.97. The van der Waals surface area contributed by atoms with E-state index < -0.39 is 0 Å². The predicted molar refractivity (Wildman–Crippen MR) is 79.6 cm³/mol. The van der Waals surface area contributed by atoms with E-state index in [4.69, 9.17) is 4.74 Å². The summed E-state index contributed by atoms with van der Waals surface area (Å²) in [7, 11) is 1.63. The van der Waals surface area contributed by atoms with Gasteiger partial charge in [0.1, 0.15) is 5.75 Å². The van der Waals surface area contributed by atoms with Crippen LogP contribution < -0.4 is 10.1 Å². The van der Waals surface area contributed by atoms with Crippen molar-refractivity contribution in [2.24, 2.45) is 0 Å². The van der Waals surface area contributed by atoms with Gasteiger partial charge in [0, 0.05) is 56.8 Å². The molecule has 1 N–H and O–H groups in total. The van der Waals surface area contributed by atoms with Crippen LogP contribution in [-0.2, 0) is 0 Å². The Labute approximate surface area is 123 Å². The van der Waals surface area contributed by atoms with Gasteiger partial charge < -0.3 is 15.0 Å². The molecule has 1 amide bonds. The van der Waals surface area contributed by atoms with E-state index in [9.17, 15) is 4.79 Å². The maximum absolute atomic E-state index is 12.5. The highest BCUT2D eigenvalue weighted by Crippen LogP contribution is 2.25. The van der Waals surface area contributed by atoms with E-state index in [1.165, 1.54) is 11.3 Å². The number of nitrogens with zero attached hydrogens (tertiary/aromatic N) is 2. The number of rotatable bonds is 3. The molecule has 2 aliphatic heterocycles. The van der Waals surface area contributed by atoms with E-state index in [1.54, 1.807) is 7.11 Å². The fourth-order valence-corrected chi connectivity index (χ4v) is 3.79. The van der Waals surface area contributed by atoms with Gasteiger partial charge in [-0.3, -0.25) is 9.69 Å². The van der Waals surface area contributed by atoms with Crippen LogP contribution in [0.4, 0.5) is 0 Å². The van der Waals surface area contributed by atoms with Crippen LogP contribution in [0.15, 0.2) is 11.4 Å². The number of amides is 1. The van der Waals surface area contributed by atoms with Crippen LogP contribution >= 0.6 is 11.3 Å². The average Bonchev–Trinajstić information content (AvgIpc) is 3.17. The van der Waals surface area contributed by atoms with Gasteiger partial charge >= 0.3 is 0 Å². The summed E-state index contributed by atoms with van der Waals surface area (Å²) in [6.07, 6.45) is 1.09. The topological polar surface area (TPSA) is 44.8 Å². The molecule has 0 saturated carbocycles. The first-order chi connectivity index (χ1) is 9.78. The van der Waals surface area contributed by atoms with Crippen LogP contribution in [0.3, 0.4) is 0 Å². The lowest BCUT2D eigenvalue weighted by atomic mass is 10.2. The molecular weight excluding hydrogens is 274 g/mol. The van der Waals surface area contributed by atoms with Gasteiger partial charge in [0.2, 0.25) is 0 Å². The first-order valence-corrected chi connectivity index (χ1v) is 8.02. The summed E-state index contributed by atoms with van der Waals surface area (Å²) in [6.45, 7) is 6.05. The highest BCUT2D eigenvalue weighted by molar-refractivity contribution is 7.12. The number of thiophene rings is 1. The van der Waals surface area contributed by atoms with Crippen molar-refractivity contribution in [3.8, 4) is 5.75 Å². The maximum Gasteiger partial charge on any atom is 0.264 e. The molecule has 1 unspecified atom stereocenters. The monoisotopic (exact) mass is 295 g/mol. The number of methoxy groups -OCH3 is 1. The molecule has 6 heteroatoms. The summed E-state index contributed by atoms with van der Waals surface area (Å²) in [5, 5.41) is 5.26. The molecule has 5 nitrogen and oxygen atoms in total. The number of likely N-dealkylation sites (tertiary alicyclic amines) is 1. The highest BCUT2D eigenvalue weighted by atomic mass is 32.1. The summed E-state index contributed by atoms with van der Waals surface area (Å²) in [6, 6.07) is 2.37. The Morgan fingerprint density at radius 1 is 1.40 bits per heavy atom. The molecule has 3 heterocycles. The second-order valence-electron chi connectivity index (χ2n) is 5.33.